The maximum atomic E-state index is 12.2. The second-order valence-corrected chi connectivity index (χ2v) is 6.13. The summed E-state index contributed by atoms with van der Waals surface area (Å²) in [4.78, 5) is 12.2. The standard InChI is InChI=1S/C21H25N3O3/c1-15-12-17(13-18(14-22)21(25)23-10-5-11-26-3)16(2)24(15)19-6-8-20(27-4)9-7-19/h6-9,12-13H,5,10-11H2,1-4H3,(H,23,25)/b18-13+. The number of rotatable bonds is 8. The van der Waals surface area contributed by atoms with Crippen LogP contribution in [0.2, 0.25) is 0 Å². The van der Waals surface area contributed by atoms with E-state index < -0.39 is 0 Å². The Kier molecular flexibility index (Phi) is 7.21. The lowest BCUT2D eigenvalue weighted by molar-refractivity contribution is -0.117. The second kappa shape index (κ2) is 9.60. The summed E-state index contributed by atoms with van der Waals surface area (Å²) in [6.45, 7) is 4.99. The van der Waals surface area contributed by atoms with Crippen molar-refractivity contribution < 1.29 is 14.3 Å². The number of amides is 1. The topological polar surface area (TPSA) is 76.3 Å². The molecule has 0 aliphatic carbocycles. The maximum Gasteiger partial charge on any atom is 0.261 e. The number of benzene rings is 1. The highest BCUT2D eigenvalue weighted by molar-refractivity contribution is 6.01. The van der Waals surface area contributed by atoms with Crippen LogP contribution in [-0.2, 0) is 9.53 Å². The zero-order valence-electron chi connectivity index (χ0n) is 16.2. The van der Waals surface area contributed by atoms with Crippen LogP contribution in [0, 0.1) is 25.2 Å². The van der Waals surface area contributed by atoms with Gasteiger partial charge in [0.2, 0.25) is 0 Å². The third kappa shape index (κ3) is 4.99. The largest absolute Gasteiger partial charge is 0.497 e. The molecule has 0 aliphatic heterocycles. The minimum absolute atomic E-state index is 0.0856. The molecule has 2 aromatic rings. The lowest BCUT2D eigenvalue weighted by atomic mass is 10.1. The van der Waals surface area contributed by atoms with Gasteiger partial charge in [0.25, 0.3) is 5.91 Å². The van der Waals surface area contributed by atoms with E-state index in [1.54, 1.807) is 20.3 Å². The lowest BCUT2D eigenvalue weighted by Crippen LogP contribution is -2.26. The predicted octanol–water partition coefficient (Wildman–Crippen LogP) is 3.16. The highest BCUT2D eigenvalue weighted by Gasteiger charge is 2.13. The van der Waals surface area contributed by atoms with Gasteiger partial charge in [-0.3, -0.25) is 4.79 Å². The summed E-state index contributed by atoms with van der Waals surface area (Å²) in [5.41, 5.74) is 3.89. The van der Waals surface area contributed by atoms with Crippen LogP contribution in [0.25, 0.3) is 11.8 Å². The fourth-order valence-electron chi connectivity index (χ4n) is 2.88. The molecule has 1 amide bonds. The Labute approximate surface area is 160 Å². The minimum Gasteiger partial charge on any atom is -0.497 e. The van der Waals surface area contributed by atoms with Gasteiger partial charge in [0.15, 0.2) is 0 Å². The predicted molar refractivity (Wildman–Crippen MR) is 105 cm³/mol. The van der Waals surface area contributed by atoms with E-state index in [0.717, 1.165) is 28.4 Å². The fourth-order valence-corrected chi connectivity index (χ4v) is 2.88. The van der Waals surface area contributed by atoms with Gasteiger partial charge in [-0.15, -0.1) is 0 Å². The number of hydrogen-bond donors (Lipinski definition) is 1. The monoisotopic (exact) mass is 367 g/mol. The van der Waals surface area contributed by atoms with Gasteiger partial charge in [0.05, 0.1) is 7.11 Å². The molecule has 1 heterocycles. The van der Waals surface area contributed by atoms with Crippen LogP contribution in [0.15, 0.2) is 35.9 Å². The Morgan fingerprint density at radius 3 is 2.56 bits per heavy atom. The maximum absolute atomic E-state index is 12.2. The van der Waals surface area contributed by atoms with E-state index in [0.29, 0.717) is 19.6 Å². The van der Waals surface area contributed by atoms with E-state index >= 15 is 0 Å². The van der Waals surface area contributed by atoms with E-state index in [-0.39, 0.29) is 11.5 Å². The molecule has 142 valence electrons. The summed E-state index contributed by atoms with van der Waals surface area (Å²) >= 11 is 0. The molecular formula is C21H25N3O3. The van der Waals surface area contributed by atoms with Crippen molar-refractivity contribution in [2.75, 3.05) is 27.4 Å². The van der Waals surface area contributed by atoms with Crippen LogP contribution in [0.1, 0.15) is 23.4 Å². The summed E-state index contributed by atoms with van der Waals surface area (Å²) in [6, 6.07) is 11.7. The Morgan fingerprint density at radius 1 is 1.26 bits per heavy atom. The molecule has 27 heavy (non-hydrogen) atoms. The number of nitrogens with one attached hydrogen (secondary N) is 1. The van der Waals surface area contributed by atoms with Crippen molar-refractivity contribution in [2.45, 2.75) is 20.3 Å². The first kappa shape index (κ1) is 20.3. The first-order valence-corrected chi connectivity index (χ1v) is 8.74. The highest BCUT2D eigenvalue weighted by atomic mass is 16.5. The number of hydrogen-bond acceptors (Lipinski definition) is 4. The van der Waals surface area contributed by atoms with Gasteiger partial charge in [-0.2, -0.15) is 5.26 Å². The van der Waals surface area contributed by atoms with Crippen molar-refractivity contribution in [3.63, 3.8) is 0 Å². The van der Waals surface area contributed by atoms with Crippen LogP contribution >= 0.6 is 0 Å². The molecule has 0 unspecified atom stereocenters. The van der Waals surface area contributed by atoms with E-state index in [9.17, 15) is 10.1 Å². The lowest BCUT2D eigenvalue weighted by Gasteiger charge is -2.10. The average Bonchev–Trinajstić information content (AvgIpc) is 2.96. The molecule has 0 fully saturated rings. The number of nitrogens with zero attached hydrogens (tertiary/aromatic N) is 2. The molecule has 0 saturated heterocycles. The van der Waals surface area contributed by atoms with Gasteiger partial charge < -0.3 is 19.4 Å². The average molecular weight is 367 g/mol. The Balaban J connectivity index is 2.26. The molecule has 0 spiro atoms. The van der Waals surface area contributed by atoms with Crippen molar-refractivity contribution in [1.29, 1.82) is 5.26 Å². The number of methoxy groups -OCH3 is 2. The first-order valence-electron chi connectivity index (χ1n) is 8.74. The Morgan fingerprint density at radius 2 is 1.96 bits per heavy atom. The molecule has 6 heteroatoms. The van der Waals surface area contributed by atoms with Crippen molar-refractivity contribution in [2.24, 2.45) is 0 Å². The SMILES string of the molecule is COCCCNC(=O)/C(C#N)=C/c1cc(C)n(-c2ccc(OC)cc2)c1C. The van der Waals surface area contributed by atoms with Crippen LogP contribution in [0.4, 0.5) is 0 Å². The Hall–Kier alpha value is -3.04. The molecule has 2 rings (SSSR count). The number of nitriles is 1. The zero-order chi connectivity index (χ0) is 19.8. The fraction of sp³-hybridized carbons (Fsp3) is 0.333. The number of aromatic nitrogens is 1. The van der Waals surface area contributed by atoms with Gasteiger partial charge in [-0.1, -0.05) is 0 Å². The summed E-state index contributed by atoms with van der Waals surface area (Å²) in [7, 11) is 3.24. The quantitative estimate of drug-likeness (QED) is 0.442. The summed E-state index contributed by atoms with van der Waals surface area (Å²) < 4.78 is 12.2. The van der Waals surface area contributed by atoms with E-state index in [2.05, 4.69) is 9.88 Å². The third-order valence-electron chi connectivity index (χ3n) is 4.28. The number of carbonyl (C=O) groups is 1. The van der Waals surface area contributed by atoms with Crippen LogP contribution < -0.4 is 10.1 Å². The summed E-state index contributed by atoms with van der Waals surface area (Å²) in [5.74, 6) is 0.418. The van der Waals surface area contributed by atoms with Gasteiger partial charge >= 0.3 is 0 Å². The van der Waals surface area contributed by atoms with Gasteiger partial charge in [-0.05, 0) is 62.2 Å². The van der Waals surface area contributed by atoms with Crippen molar-refractivity contribution in [3.05, 3.63) is 52.9 Å². The summed E-state index contributed by atoms with van der Waals surface area (Å²) in [6.07, 6.45) is 2.33. The Bertz CT molecular complexity index is 858. The molecular weight excluding hydrogens is 342 g/mol. The normalized spacial score (nSPS) is 11.1. The third-order valence-corrected chi connectivity index (χ3v) is 4.28. The van der Waals surface area contributed by atoms with Crippen molar-refractivity contribution >= 4 is 12.0 Å². The molecule has 0 radical (unpaired) electrons. The minimum atomic E-state index is -0.372. The molecule has 1 N–H and O–H groups in total. The number of aryl methyl sites for hydroxylation is 1. The highest BCUT2D eigenvalue weighted by Crippen LogP contribution is 2.24. The number of carbonyl (C=O) groups excluding carboxylic acids is 1. The molecule has 0 atom stereocenters. The molecule has 1 aromatic carbocycles. The van der Waals surface area contributed by atoms with Crippen LogP contribution in [0.3, 0.4) is 0 Å². The molecule has 0 bridgehead atoms. The molecule has 0 saturated carbocycles. The molecule has 0 aliphatic rings. The van der Waals surface area contributed by atoms with E-state index in [1.165, 1.54) is 0 Å². The van der Waals surface area contributed by atoms with Crippen molar-refractivity contribution in [3.8, 4) is 17.5 Å². The van der Waals surface area contributed by atoms with Crippen LogP contribution in [-0.4, -0.2) is 37.8 Å². The van der Waals surface area contributed by atoms with Gasteiger partial charge in [0, 0.05) is 37.3 Å². The zero-order valence-corrected chi connectivity index (χ0v) is 16.2. The van der Waals surface area contributed by atoms with Gasteiger partial charge in [-0.25, -0.2) is 0 Å². The summed E-state index contributed by atoms with van der Waals surface area (Å²) in [5, 5.41) is 12.1. The first-order chi connectivity index (χ1) is 13.0. The van der Waals surface area contributed by atoms with Crippen molar-refractivity contribution in [1.82, 2.24) is 9.88 Å². The van der Waals surface area contributed by atoms with E-state index in [1.807, 2.05) is 50.2 Å². The number of ether oxygens (including phenoxy) is 2. The molecule has 1 aromatic heterocycles. The second-order valence-electron chi connectivity index (χ2n) is 6.13. The molecule has 6 nitrogen and oxygen atoms in total. The van der Waals surface area contributed by atoms with Crippen LogP contribution in [0.5, 0.6) is 5.75 Å². The smallest absolute Gasteiger partial charge is 0.261 e. The van der Waals surface area contributed by atoms with E-state index in [4.69, 9.17) is 9.47 Å². The van der Waals surface area contributed by atoms with Gasteiger partial charge in [0.1, 0.15) is 17.4 Å².